The SMILES string of the molecule is CCn1nc(C)cc1CN(C)c1cccc(N)c1. The van der Waals surface area contributed by atoms with Crippen LogP contribution in [0.15, 0.2) is 30.3 Å². The van der Waals surface area contributed by atoms with E-state index in [1.165, 1.54) is 5.69 Å². The number of hydrogen-bond acceptors (Lipinski definition) is 3. The first-order valence-electron chi connectivity index (χ1n) is 6.20. The molecule has 1 aromatic carbocycles. The number of hydrogen-bond donors (Lipinski definition) is 1. The van der Waals surface area contributed by atoms with E-state index in [1.807, 2.05) is 29.8 Å². The van der Waals surface area contributed by atoms with Gasteiger partial charge in [-0.1, -0.05) is 6.07 Å². The van der Waals surface area contributed by atoms with Crippen LogP contribution in [0, 0.1) is 6.92 Å². The monoisotopic (exact) mass is 244 g/mol. The molecule has 1 aromatic heterocycles. The van der Waals surface area contributed by atoms with Gasteiger partial charge in [0.1, 0.15) is 0 Å². The Morgan fingerprint density at radius 3 is 2.78 bits per heavy atom. The van der Waals surface area contributed by atoms with Crippen molar-refractivity contribution in [2.24, 2.45) is 0 Å². The van der Waals surface area contributed by atoms with Crippen molar-refractivity contribution >= 4 is 11.4 Å². The van der Waals surface area contributed by atoms with Crippen molar-refractivity contribution in [2.45, 2.75) is 26.9 Å². The Morgan fingerprint density at radius 2 is 2.11 bits per heavy atom. The maximum absolute atomic E-state index is 5.81. The van der Waals surface area contributed by atoms with E-state index in [0.29, 0.717) is 0 Å². The van der Waals surface area contributed by atoms with Crippen molar-refractivity contribution in [3.05, 3.63) is 41.7 Å². The molecule has 4 heteroatoms. The highest BCUT2D eigenvalue weighted by molar-refractivity contribution is 5.55. The van der Waals surface area contributed by atoms with Crippen molar-refractivity contribution in [1.29, 1.82) is 0 Å². The number of rotatable bonds is 4. The first kappa shape index (κ1) is 12.5. The molecule has 18 heavy (non-hydrogen) atoms. The molecule has 96 valence electrons. The molecule has 0 saturated heterocycles. The van der Waals surface area contributed by atoms with Gasteiger partial charge in [0.25, 0.3) is 0 Å². The molecule has 1 heterocycles. The van der Waals surface area contributed by atoms with Gasteiger partial charge in [0.2, 0.25) is 0 Å². The predicted octanol–water partition coefficient (Wildman–Crippen LogP) is 2.43. The van der Waals surface area contributed by atoms with Crippen LogP contribution in [-0.4, -0.2) is 16.8 Å². The van der Waals surface area contributed by atoms with Crippen molar-refractivity contribution in [3.8, 4) is 0 Å². The van der Waals surface area contributed by atoms with Crippen LogP contribution in [0.25, 0.3) is 0 Å². The first-order chi connectivity index (χ1) is 8.60. The van der Waals surface area contributed by atoms with Crippen molar-refractivity contribution in [2.75, 3.05) is 17.7 Å². The average molecular weight is 244 g/mol. The Hall–Kier alpha value is -1.97. The summed E-state index contributed by atoms with van der Waals surface area (Å²) >= 11 is 0. The van der Waals surface area contributed by atoms with Gasteiger partial charge in [0.15, 0.2) is 0 Å². The topological polar surface area (TPSA) is 47.1 Å². The molecule has 0 atom stereocenters. The Balaban J connectivity index is 2.18. The maximum Gasteiger partial charge on any atom is 0.0597 e. The van der Waals surface area contributed by atoms with E-state index >= 15 is 0 Å². The van der Waals surface area contributed by atoms with Crippen LogP contribution in [0.1, 0.15) is 18.3 Å². The number of nitrogens with zero attached hydrogens (tertiary/aromatic N) is 3. The van der Waals surface area contributed by atoms with Gasteiger partial charge in [0.05, 0.1) is 17.9 Å². The van der Waals surface area contributed by atoms with Crippen LogP contribution in [0.3, 0.4) is 0 Å². The molecule has 0 aliphatic heterocycles. The molecule has 2 rings (SSSR count). The summed E-state index contributed by atoms with van der Waals surface area (Å²) in [5.41, 5.74) is 10.0. The second-order valence-corrected chi connectivity index (χ2v) is 4.54. The zero-order chi connectivity index (χ0) is 13.1. The number of anilines is 2. The molecule has 0 spiro atoms. The average Bonchev–Trinajstić information content (AvgIpc) is 2.69. The summed E-state index contributed by atoms with van der Waals surface area (Å²) in [7, 11) is 2.07. The van der Waals surface area contributed by atoms with Crippen LogP contribution in [0.4, 0.5) is 11.4 Å². The van der Waals surface area contributed by atoms with Crippen LogP contribution in [0.2, 0.25) is 0 Å². The summed E-state index contributed by atoms with van der Waals surface area (Å²) in [4.78, 5) is 2.18. The highest BCUT2D eigenvalue weighted by Crippen LogP contribution is 2.18. The summed E-state index contributed by atoms with van der Waals surface area (Å²) in [5.74, 6) is 0. The van der Waals surface area contributed by atoms with Gasteiger partial charge >= 0.3 is 0 Å². The minimum absolute atomic E-state index is 0.791. The van der Waals surface area contributed by atoms with Gasteiger partial charge < -0.3 is 10.6 Å². The molecule has 2 N–H and O–H groups in total. The van der Waals surface area contributed by atoms with Crippen molar-refractivity contribution in [1.82, 2.24) is 9.78 Å². The lowest BCUT2D eigenvalue weighted by atomic mass is 10.2. The first-order valence-corrected chi connectivity index (χ1v) is 6.20. The lowest BCUT2D eigenvalue weighted by Crippen LogP contribution is -2.19. The zero-order valence-electron chi connectivity index (χ0n) is 11.2. The van der Waals surface area contributed by atoms with E-state index in [4.69, 9.17) is 5.73 Å². The third-order valence-corrected chi connectivity index (χ3v) is 3.00. The lowest BCUT2D eigenvalue weighted by Gasteiger charge is -2.20. The molecular weight excluding hydrogens is 224 g/mol. The second kappa shape index (κ2) is 5.12. The number of nitrogen functional groups attached to an aromatic ring is 1. The number of benzene rings is 1. The van der Waals surface area contributed by atoms with Crippen LogP contribution in [-0.2, 0) is 13.1 Å². The highest BCUT2D eigenvalue weighted by atomic mass is 15.3. The van der Waals surface area contributed by atoms with E-state index < -0.39 is 0 Å². The third-order valence-electron chi connectivity index (χ3n) is 3.00. The Bertz CT molecular complexity index is 530. The van der Waals surface area contributed by atoms with E-state index in [0.717, 1.165) is 30.2 Å². The standard InChI is InChI=1S/C14H20N4/c1-4-18-14(8-11(2)16-18)10-17(3)13-7-5-6-12(15)9-13/h5-9H,4,10,15H2,1-3H3. The van der Waals surface area contributed by atoms with Gasteiger partial charge in [-0.3, -0.25) is 4.68 Å². The molecule has 0 bridgehead atoms. The van der Waals surface area contributed by atoms with E-state index in [2.05, 4.69) is 36.1 Å². The molecule has 0 unspecified atom stereocenters. The molecule has 0 amide bonds. The molecule has 2 aromatic rings. The van der Waals surface area contributed by atoms with E-state index in [9.17, 15) is 0 Å². The fourth-order valence-corrected chi connectivity index (χ4v) is 2.10. The predicted molar refractivity (Wildman–Crippen MR) is 75.6 cm³/mol. The summed E-state index contributed by atoms with van der Waals surface area (Å²) < 4.78 is 2.04. The number of aryl methyl sites for hydroxylation is 2. The third kappa shape index (κ3) is 2.64. The summed E-state index contributed by atoms with van der Waals surface area (Å²) in [6, 6.07) is 10.1. The van der Waals surface area contributed by atoms with Gasteiger partial charge in [-0.25, -0.2) is 0 Å². The molecule has 0 fully saturated rings. The number of aromatic nitrogens is 2. The molecule has 0 radical (unpaired) electrons. The van der Waals surface area contributed by atoms with Crippen LogP contribution in [0.5, 0.6) is 0 Å². The molecule has 0 aliphatic carbocycles. The van der Waals surface area contributed by atoms with Crippen molar-refractivity contribution < 1.29 is 0 Å². The van der Waals surface area contributed by atoms with Crippen molar-refractivity contribution in [3.63, 3.8) is 0 Å². The Morgan fingerprint density at radius 1 is 1.33 bits per heavy atom. The quantitative estimate of drug-likeness (QED) is 0.840. The molecular formula is C14H20N4. The van der Waals surface area contributed by atoms with Gasteiger partial charge in [0, 0.05) is 25.0 Å². The number of nitrogens with two attached hydrogens (primary N) is 1. The minimum Gasteiger partial charge on any atom is -0.399 e. The lowest BCUT2D eigenvalue weighted by molar-refractivity contribution is 0.613. The summed E-state index contributed by atoms with van der Waals surface area (Å²) in [6.07, 6.45) is 0. The van der Waals surface area contributed by atoms with Gasteiger partial charge in [-0.15, -0.1) is 0 Å². The van der Waals surface area contributed by atoms with E-state index in [-0.39, 0.29) is 0 Å². The molecule has 4 nitrogen and oxygen atoms in total. The summed E-state index contributed by atoms with van der Waals surface area (Å²) in [5, 5.41) is 4.46. The Labute approximate surface area is 108 Å². The van der Waals surface area contributed by atoms with Gasteiger partial charge in [-0.05, 0) is 38.1 Å². The zero-order valence-corrected chi connectivity index (χ0v) is 11.2. The van der Waals surface area contributed by atoms with Crippen LogP contribution < -0.4 is 10.6 Å². The van der Waals surface area contributed by atoms with Gasteiger partial charge in [-0.2, -0.15) is 5.10 Å². The largest absolute Gasteiger partial charge is 0.399 e. The fourth-order valence-electron chi connectivity index (χ4n) is 2.10. The smallest absolute Gasteiger partial charge is 0.0597 e. The Kier molecular flexibility index (Phi) is 3.55. The normalized spacial score (nSPS) is 10.6. The maximum atomic E-state index is 5.81. The second-order valence-electron chi connectivity index (χ2n) is 4.54. The molecule has 0 saturated carbocycles. The van der Waals surface area contributed by atoms with Crippen LogP contribution >= 0.6 is 0 Å². The minimum atomic E-state index is 0.791. The summed E-state index contributed by atoms with van der Waals surface area (Å²) in [6.45, 7) is 5.86. The highest BCUT2D eigenvalue weighted by Gasteiger charge is 2.08. The fraction of sp³-hybridized carbons (Fsp3) is 0.357. The van der Waals surface area contributed by atoms with E-state index in [1.54, 1.807) is 0 Å². The molecule has 0 aliphatic rings.